The predicted molar refractivity (Wildman–Crippen MR) is 78.5 cm³/mol. The van der Waals surface area contributed by atoms with E-state index in [1.807, 2.05) is 25.3 Å². The van der Waals surface area contributed by atoms with Gasteiger partial charge in [-0.05, 0) is 42.7 Å². The van der Waals surface area contributed by atoms with Crippen LogP contribution in [0.2, 0.25) is 0 Å². The van der Waals surface area contributed by atoms with Gasteiger partial charge in [0, 0.05) is 28.8 Å². The van der Waals surface area contributed by atoms with E-state index in [0.29, 0.717) is 0 Å². The Kier molecular flexibility index (Phi) is 4.15. The van der Waals surface area contributed by atoms with Crippen LogP contribution in [0.25, 0.3) is 0 Å². The van der Waals surface area contributed by atoms with E-state index in [1.54, 1.807) is 0 Å². The zero-order valence-electron chi connectivity index (χ0n) is 10.7. The number of hydrogen-bond acceptors (Lipinski definition) is 2. The Morgan fingerprint density at radius 1 is 1.22 bits per heavy atom. The minimum Gasteiger partial charge on any atom is -0.324 e. The van der Waals surface area contributed by atoms with E-state index in [0.717, 1.165) is 22.2 Å². The molecule has 94 valence electrons. The van der Waals surface area contributed by atoms with Gasteiger partial charge in [0.25, 0.3) is 0 Å². The Morgan fingerprint density at radius 2 is 2.00 bits per heavy atom. The van der Waals surface area contributed by atoms with Crippen molar-refractivity contribution in [2.75, 3.05) is 0 Å². The summed E-state index contributed by atoms with van der Waals surface area (Å²) >= 11 is 3.50. The second kappa shape index (κ2) is 5.63. The highest BCUT2D eigenvalue weighted by Crippen LogP contribution is 2.22. The molecular formula is C15H17BrN2. The first-order valence-corrected chi connectivity index (χ1v) is 6.78. The highest BCUT2D eigenvalue weighted by atomic mass is 79.9. The molecule has 0 saturated heterocycles. The lowest BCUT2D eigenvalue weighted by molar-refractivity contribution is 0.705. The van der Waals surface area contributed by atoms with E-state index >= 15 is 0 Å². The first kappa shape index (κ1) is 13.2. The van der Waals surface area contributed by atoms with Crippen LogP contribution < -0.4 is 5.73 Å². The van der Waals surface area contributed by atoms with Crippen molar-refractivity contribution in [1.82, 2.24) is 4.98 Å². The summed E-state index contributed by atoms with van der Waals surface area (Å²) in [5, 5.41) is 0. The van der Waals surface area contributed by atoms with Crippen molar-refractivity contribution in [3.8, 4) is 0 Å². The van der Waals surface area contributed by atoms with Gasteiger partial charge in [-0.3, -0.25) is 4.98 Å². The van der Waals surface area contributed by atoms with Crippen LogP contribution in [0.5, 0.6) is 0 Å². The summed E-state index contributed by atoms with van der Waals surface area (Å²) < 4.78 is 1.12. The summed E-state index contributed by atoms with van der Waals surface area (Å²) in [5.74, 6) is 0. The summed E-state index contributed by atoms with van der Waals surface area (Å²) in [6.07, 6.45) is 2.65. The minimum absolute atomic E-state index is 0.00740. The van der Waals surface area contributed by atoms with Gasteiger partial charge in [-0.25, -0.2) is 0 Å². The van der Waals surface area contributed by atoms with Crippen molar-refractivity contribution < 1.29 is 0 Å². The van der Waals surface area contributed by atoms with Gasteiger partial charge < -0.3 is 5.73 Å². The molecular weight excluding hydrogens is 288 g/mol. The monoisotopic (exact) mass is 304 g/mol. The molecule has 2 nitrogen and oxygen atoms in total. The SMILES string of the molecule is Cc1ccc(CC(N)c2ccc(Br)c(C)c2)nc1. The fourth-order valence-electron chi connectivity index (χ4n) is 1.86. The third-order valence-electron chi connectivity index (χ3n) is 3.01. The van der Waals surface area contributed by atoms with Crippen LogP contribution in [0.1, 0.15) is 28.4 Å². The van der Waals surface area contributed by atoms with Crippen molar-refractivity contribution >= 4 is 15.9 Å². The molecule has 0 amide bonds. The average Bonchev–Trinajstić information content (AvgIpc) is 2.35. The maximum Gasteiger partial charge on any atom is 0.0422 e. The molecule has 1 atom stereocenters. The summed E-state index contributed by atoms with van der Waals surface area (Å²) in [6.45, 7) is 4.11. The molecule has 0 fully saturated rings. The molecule has 1 aromatic carbocycles. The molecule has 1 heterocycles. The van der Waals surface area contributed by atoms with E-state index in [-0.39, 0.29) is 6.04 Å². The van der Waals surface area contributed by atoms with Crippen LogP contribution in [-0.4, -0.2) is 4.98 Å². The van der Waals surface area contributed by atoms with Crippen LogP contribution in [0.15, 0.2) is 41.0 Å². The summed E-state index contributed by atoms with van der Waals surface area (Å²) in [4.78, 5) is 4.39. The van der Waals surface area contributed by atoms with Crippen molar-refractivity contribution in [1.29, 1.82) is 0 Å². The molecule has 2 aromatic rings. The molecule has 0 radical (unpaired) electrons. The summed E-state index contributed by atoms with van der Waals surface area (Å²) in [5.41, 5.74) is 10.8. The van der Waals surface area contributed by atoms with Gasteiger partial charge in [-0.1, -0.05) is 34.1 Å². The summed E-state index contributed by atoms with van der Waals surface area (Å²) in [7, 11) is 0. The highest BCUT2D eigenvalue weighted by Gasteiger charge is 2.09. The summed E-state index contributed by atoms with van der Waals surface area (Å²) in [6, 6.07) is 10.3. The highest BCUT2D eigenvalue weighted by molar-refractivity contribution is 9.10. The van der Waals surface area contributed by atoms with Crippen molar-refractivity contribution in [2.24, 2.45) is 5.73 Å². The Bertz CT molecular complexity index is 535. The van der Waals surface area contributed by atoms with Gasteiger partial charge in [0.1, 0.15) is 0 Å². The normalized spacial score (nSPS) is 12.4. The number of nitrogens with two attached hydrogens (primary N) is 1. The van der Waals surface area contributed by atoms with Gasteiger partial charge in [0.15, 0.2) is 0 Å². The molecule has 0 saturated carbocycles. The average molecular weight is 305 g/mol. The number of halogens is 1. The van der Waals surface area contributed by atoms with Crippen LogP contribution in [0.3, 0.4) is 0 Å². The predicted octanol–water partition coefficient (Wildman–Crippen LogP) is 3.70. The second-order valence-corrected chi connectivity index (χ2v) is 5.50. The molecule has 0 spiro atoms. The minimum atomic E-state index is -0.00740. The molecule has 18 heavy (non-hydrogen) atoms. The number of hydrogen-bond donors (Lipinski definition) is 1. The van der Waals surface area contributed by atoms with Crippen LogP contribution in [-0.2, 0) is 6.42 Å². The number of aryl methyl sites for hydroxylation is 2. The number of aromatic nitrogens is 1. The number of nitrogens with zero attached hydrogens (tertiary/aromatic N) is 1. The van der Waals surface area contributed by atoms with E-state index in [2.05, 4.69) is 46.0 Å². The zero-order chi connectivity index (χ0) is 13.1. The second-order valence-electron chi connectivity index (χ2n) is 4.65. The van der Waals surface area contributed by atoms with Crippen molar-refractivity contribution in [2.45, 2.75) is 26.3 Å². The lowest BCUT2D eigenvalue weighted by Crippen LogP contribution is -2.14. The Balaban J connectivity index is 2.13. The van der Waals surface area contributed by atoms with E-state index in [1.165, 1.54) is 11.1 Å². The lowest BCUT2D eigenvalue weighted by Gasteiger charge is -2.13. The first-order chi connectivity index (χ1) is 8.56. The molecule has 0 bridgehead atoms. The molecule has 3 heteroatoms. The fourth-order valence-corrected chi connectivity index (χ4v) is 2.11. The molecule has 0 aliphatic heterocycles. The number of benzene rings is 1. The van der Waals surface area contributed by atoms with Gasteiger partial charge in [0.05, 0.1) is 0 Å². The van der Waals surface area contributed by atoms with E-state index in [9.17, 15) is 0 Å². The number of rotatable bonds is 3. The standard InChI is InChI=1S/C15H17BrN2/c1-10-3-5-13(18-9-10)8-15(17)12-4-6-14(16)11(2)7-12/h3-7,9,15H,8,17H2,1-2H3. The Morgan fingerprint density at radius 3 is 2.61 bits per heavy atom. The topological polar surface area (TPSA) is 38.9 Å². The van der Waals surface area contributed by atoms with E-state index in [4.69, 9.17) is 5.73 Å². The zero-order valence-corrected chi connectivity index (χ0v) is 12.2. The molecule has 0 aliphatic rings. The largest absolute Gasteiger partial charge is 0.324 e. The Labute approximate surface area is 116 Å². The van der Waals surface area contributed by atoms with Gasteiger partial charge in [-0.15, -0.1) is 0 Å². The maximum absolute atomic E-state index is 6.23. The van der Waals surface area contributed by atoms with Crippen LogP contribution >= 0.6 is 15.9 Å². The fraction of sp³-hybridized carbons (Fsp3) is 0.267. The quantitative estimate of drug-likeness (QED) is 0.939. The van der Waals surface area contributed by atoms with Gasteiger partial charge in [-0.2, -0.15) is 0 Å². The smallest absolute Gasteiger partial charge is 0.0422 e. The van der Waals surface area contributed by atoms with E-state index < -0.39 is 0 Å². The maximum atomic E-state index is 6.23. The van der Waals surface area contributed by atoms with Gasteiger partial charge in [0.2, 0.25) is 0 Å². The molecule has 0 aliphatic carbocycles. The third kappa shape index (κ3) is 3.18. The molecule has 1 unspecified atom stereocenters. The molecule has 2 N–H and O–H groups in total. The van der Waals surface area contributed by atoms with Gasteiger partial charge >= 0.3 is 0 Å². The van der Waals surface area contributed by atoms with Crippen LogP contribution in [0.4, 0.5) is 0 Å². The lowest BCUT2D eigenvalue weighted by atomic mass is 10.0. The third-order valence-corrected chi connectivity index (χ3v) is 3.90. The molecule has 2 rings (SSSR count). The number of pyridine rings is 1. The van der Waals surface area contributed by atoms with Crippen molar-refractivity contribution in [3.05, 3.63) is 63.4 Å². The Hall–Kier alpha value is -1.19. The first-order valence-electron chi connectivity index (χ1n) is 5.99. The molecule has 1 aromatic heterocycles. The van der Waals surface area contributed by atoms with Crippen LogP contribution in [0, 0.1) is 13.8 Å². The van der Waals surface area contributed by atoms with Crippen molar-refractivity contribution in [3.63, 3.8) is 0 Å².